The molecule has 1 heterocycles. The number of benzene rings is 3. The Morgan fingerprint density at radius 2 is 1.51 bits per heavy atom. The Labute approximate surface area is 206 Å². The fourth-order valence-electron chi connectivity index (χ4n) is 4.41. The average Bonchev–Trinajstić information content (AvgIpc) is 2.91. The van der Waals surface area contributed by atoms with E-state index in [1.165, 1.54) is 0 Å². The molecule has 7 nitrogen and oxygen atoms in total. The van der Waals surface area contributed by atoms with Gasteiger partial charge in [-0.2, -0.15) is 0 Å². The van der Waals surface area contributed by atoms with E-state index in [1.54, 1.807) is 28.4 Å². The maximum Gasteiger partial charge on any atom is 0.227 e. The van der Waals surface area contributed by atoms with Gasteiger partial charge in [0.15, 0.2) is 11.5 Å². The van der Waals surface area contributed by atoms with Crippen molar-refractivity contribution in [3.05, 3.63) is 77.4 Å². The fourth-order valence-corrected chi connectivity index (χ4v) is 4.41. The molecule has 1 amide bonds. The number of methoxy groups -OCH3 is 4. The van der Waals surface area contributed by atoms with Gasteiger partial charge in [0.2, 0.25) is 5.91 Å². The summed E-state index contributed by atoms with van der Waals surface area (Å²) in [6.45, 7) is 0.889. The number of hydrogen-bond acceptors (Lipinski definition) is 6. The second-order valence-electron chi connectivity index (χ2n) is 8.27. The van der Waals surface area contributed by atoms with Gasteiger partial charge >= 0.3 is 0 Å². The van der Waals surface area contributed by atoms with Gasteiger partial charge in [0, 0.05) is 6.54 Å². The summed E-state index contributed by atoms with van der Waals surface area (Å²) in [6, 6.07) is 18.7. The molecule has 0 radical (unpaired) electrons. The topological polar surface area (TPSA) is 66.5 Å². The molecule has 3 aromatic carbocycles. The molecule has 0 aromatic heterocycles. The zero-order valence-corrected chi connectivity index (χ0v) is 20.6. The first kappa shape index (κ1) is 24.3. The van der Waals surface area contributed by atoms with Crippen molar-refractivity contribution in [1.82, 2.24) is 4.90 Å². The molecule has 1 aliphatic rings. The number of hydrogen-bond donors (Lipinski definition) is 0. The quantitative estimate of drug-likeness (QED) is 0.453. The highest BCUT2D eigenvalue weighted by Gasteiger charge is 2.33. The van der Waals surface area contributed by atoms with Crippen LogP contribution in [0.1, 0.15) is 22.7 Å². The molecule has 3 aromatic rings. The van der Waals surface area contributed by atoms with Gasteiger partial charge in [-0.1, -0.05) is 12.1 Å². The Bertz CT molecular complexity index is 1160. The third-order valence-electron chi connectivity index (χ3n) is 6.28. The average molecular weight is 478 g/mol. The first-order chi connectivity index (χ1) is 17.1. The number of amides is 1. The highest BCUT2D eigenvalue weighted by molar-refractivity contribution is 5.80. The van der Waals surface area contributed by atoms with E-state index in [-0.39, 0.29) is 18.4 Å². The molecule has 0 fully saturated rings. The van der Waals surface area contributed by atoms with Crippen LogP contribution in [-0.4, -0.2) is 52.4 Å². The van der Waals surface area contributed by atoms with Crippen molar-refractivity contribution < 1.29 is 28.5 Å². The number of nitrogens with zero attached hydrogens (tertiary/aromatic N) is 1. The van der Waals surface area contributed by atoms with Crippen LogP contribution in [0.25, 0.3) is 0 Å². The molecule has 1 atom stereocenters. The molecule has 1 unspecified atom stereocenters. The fraction of sp³-hybridized carbons (Fsp3) is 0.321. The molecule has 0 bridgehead atoms. The number of carbonyl (C=O) groups is 1. The van der Waals surface area contributed by atoms with Crippen LogP contribution in [0, 0.1) is 0 Å². The smallest absolute Gasteiger partial charge is 0.227 e. The van der Waals surface area contributed by atoms with E-state index in [0.717, 1.165) is 34.6 Å². The lowest BCUT2D eigenvalue weighted by Crippen LogP contribution is -2.43. The minimum absolute atomic E-state index is 0.0296. The third kappa shape index (κ3) is 5.45. The monoisotopic (exact) mass is 477 g/mol. The van der Waals surface area contributed by atoms with E-state index in [1.807, 2.05) is 65.6 Å². The highest BCUT2D eigenvalue weighted by atomic mass is 16.5. The van der Waals surface area contributed by atoms with Gasteiger partial charge < -0.3 is 28.6 Å². The number of fused-ring (bicyclic) bond motifs is 1. The lowest BCUT2D eigenvalue weighted by Gasteiger charge is -2.37. The summed E-state index contributed by atoms with van der Waals surface area (Å²) >= 11 is 0. The molecule has 4 rings (SSSR count). The van der Waals surface area contributed by atoms with E-state index in [9.17, 15) is 4.79 Å². The van der Waals surface area contributed by atoms with Gasteiger partial charge in [-0.05, 0) is 71.6 Å². The minimum Gasteiger partial charge on any atom is -0.497 e. The van der Waals surface area contributed by atoms with E-state index in [4.69, 9.17) is 23.7 Å². The summed E-state index contributed by atoms with van der Waals surface area (Å²) < 4.78 is 27.8. The van der Waals surface area contributed by atoms with Crippen LogP contribution >= 0.6 is 0 Å². The van der Waals surface area contributed by atoms with E-state index in [2.05, 4.69) is 0 Å². The zero-order chi connectivity index (χ0) is 24.8. The van der Waals surface area contributed by atoms with Gasteiger partial charge in [0.05, 0.1) is 40.9 Å². The van der Waals surface area contributed by atoms with Crippen LogP contribution in [0.3, 0.4) is 0 Å². The zero-order valence-electron chi connectivity index (χ0n) is 20.6. The maximum absolute atomic E-state index is 13.5. The van der Waals surface area contributed by atoms with Crippen LogP contribution in [0.4, 0.5) is 0 Å². The van der Waals surface area contributed by atoms with Crippen molar-refractivity contribution in [1.29, 1.82) is 0 Å². The molecule has 1 aliphatic heterocycles. The van der Waals surface area contributed by atoms with E-state index < -0.39 is 0 Å². The summed E-state index contributed by atoms with van der Waals surface area (Å²) in [6.07, 6.45) is 0.997. The van der Waals surface area contributed by atoms with Crippen molar-refractivity contribution >= 4 is 5.91 Å². The predicted molar refractivity (Wildman–Crippen MR) is 133 cm³/mol. The summed E-state index contributed by atoms with van der Waals surface area (Å²) in [5, 5.41) is 0. The SMILES string of the molecule is COc1ccc(OCC2c3cc(OC)c(OC)cc3CCN2C(=O)Cc2cccc(OC)c2)cc1. The second-order valence-corrected chi connectivity index (χ2v) is 8.27. The molecule has 184 valence electrons. The van der Waals surface area contributed by atoms with Crippen molar-refractivity contribution in [3.8, 4) is 28.7 Å². The van der Waals surface area contributed by atoms with Gasteiger partial charge in [-0.15, -0.1) is 0 Å². The predicted octanol–water partition coefficient (Wildman–Crippen LogP) is 4.47. The Morgan fingerprint density at radius 3 is 2.20 bits per heavy atom. The van der Waals surface area contributed by atoms with E-state index >= 15 is 0 Å². The summed E-state index contributed by atoms with van der Waals surface area (Å²) in [5.41, 5.74) is 3.03. The lowest BCUT2D eigenvalue weighted by molar-refractivity contribution is -0.134. The molecule has 0 N–H and O–H groups in total. The normalized spacial score (nSPS) is 14.6. The summed E-state index contributed by atoms with van der Waals surface area (Å²) in [7, 11) is 6.49. The lowest BCUT2D eigenvalue weighted by atomic mass is 9.91. The van der Waals surface area contributed by atoms with Crippen LogP contribution < -0.4 is 23.7 Å². The van der Waals surface area contributed by atoms with Crippen molar-refractivity contribution in [2.75, 3.05) is 41.6 Å². The van der Waals surface area contributed by atoms with E-state index in [0.29, 0.717) is 30.4 Å². The number of rotatable bonds is 9. The molecule has 0 saturated heterocycles. The van der Waals surface area contributed by atoms with Crippen LogP contribution in [0.15, 0.2) is 60.7 Å². The van der Waals surface area contributed by atoms with Gasteiger partial charge in [0.1, 0.15) is 23.9 Å². The molecular weight excluding hydrogens is 446 g/mol. The van der Waals surface area contributed by atoms with Crippen LogP contribution in [0.5, 0.6) is 28.7 Å². The molecule has 0 spiro atoms. The maximum atomic E-state index is 13.5. The van der Waals surface area contributed by atoms with Gasteiger partial charge in [-0.25, -0.2) is 0 Å². The summed E-state index contributed by atoms with van der Waals surface area (Å²) in [5.74, 6) is 3.53. The first-order valence-corrected chi connectivity index (χ1v) is 11.5. The Morgan fingerprint density at radius 1 is 0.829 bits per heavy atom. The molecule has 35 heavy (non-hydrogen) atoms. The first-order valence-electron chi connectivity index (χ1n) is 11.5. The molecule has 0 saturated carbocycles. The minimum atomic E-state index is -0.279. The largest absolute Gasteiger partial charge is 0.497 e. The van der Waals surface area contributed by atoms with Crippen molar-refractivity contribution in [2.45, 2.75) is 18.9 Å². The van der Waals surface area contributed by atoms with Crippen LogP contribution in [-0.2, 0) is 17.6 Å². The van der Waals surface area contributed by atoms with Crippen LogP contribution in [0.2, 0.25) is 0 Å². The Balaban J connectivity index is 1.62. The van der Waals surface area contributed by atoms with Gasteiger partial charge in [-0.3, -0.25) is 4.79 Å². The second kappa shape index (κ2) is 11.0. The van der Waals surface area contributed by atoms with Gasteiger partial charge in [0.25, 0.3) is 0 Å². The molecular formula is C28H31NO6. The standard InChI is InChI=1S/C28H31NO6/c1-31-21-8-10-22(11-9-21)35-18-25-24-17-27(34-4)26(33-3)16-20(24)12-13-29(25)28(30)15-19-6-5-7-23(14-19)32-2/h5-11,14,16-17,25H,12-13,15,18H2,1-4H3. The number of carbonyl (C=O) groups excluding carboxylic acids is 1. The summed E-state index contributed by atoms with van der Waals surface area (Å²) in [4.78, 5) is 15.4. The Kier molecular flexibility index (Phi) is 7.65. The molecule has 7 heteroatoms. The highest BCUT2D eigenvalue weighted by Crippen LogP contribution is 2.38. The third-order valence-corrected chi connectivity index (χ3v) is 6.28. The molecule has 0 aliphatic carbocycles. The van der Waals surface area contributed by atoms with Crippen molar-refractivity contribution in [3.63, 3.8) is 0 Å². The number of ether oxygens (including phenoxy) is 5. The van der Waals surface area contributed by atoms with Crippen molar-refractivity contribution in [2.24, 2.45) is 0 Å². The Hall–Kier alpha value is -3.87.